The third-order valence-corrected chi connectivity index (χ3v) is 2.43. The third-order valence-electron chi connectivity index (χ3n) is 2.43. The zero-order valence-corrected chi connectivity index (χ0v) is 8.99. The van der Waals surface area contributed by atoms with Crippen LogP contribution >= 0.6 is 0 Å². The molecular weight excluding hydrogens is 174 g/mol. The SMILES string of the molecule is COCc1cccc(C(C)CCN)c1. The first-order valence-electron chi connectivity index (χ1n) is 5.05. The van der Waals surface area contributed by atoms with Crippen LogP contribution in [0.5, 0.6) is 0 Å². The van der Waals surface area contributed by atoms with Crippen LogP contribution in [0.4, 0.5) is 0 Å². The normalized spacial score (nSPS) is 12.8. The fourth-order valence-electron chi connectivity index (χ4n) is 1.57. The average molecular weight is 193 g/mol. The smallest absolute Gasteiger partial charge is 0.0713 e. The Bertz CT molecular complexity index is 273. The van der Waals surface area contributed by atoms with Gasteiger partial charge < -0.3 is 10.5 Å². The molecule has 0 saturated heterocycles. The van der Waals surface area contributed by atoms with Crippen LogP contribution in [-0.2, 0) is 11.3 Å². The van der Waals surface area contributed by atoms with Crippen molar-refractivity contribution in [3.05, 3.63) is 35.4 Å². The van der Waals surface area contributed by atoms with E-state index < -0.39 is 0 Å². The zero-order chi connectivity index (χ0) is 10.4. The van der Waals surface area contributed by atoms with Gasteiger partial charge in [0.05, 0.1) is 6.61 Å². The molecule has 0 bridgehead atoms. The highest BCUT2D eigenvalue weighted by molar-refractivity contribution is 5.25. The molecule has 0 spiro atoms. The van der Waals surface area contributed by atoms with Crippen LogP contribution in [0.1, 0.15) is 30.4 Å². The van der Waals surface area contributed by atoms with Crippen molar-refractivity contribution >= 4 is 0 Å². The Morgan fingerprint density at radius 1 is 1.43 bits per heavy atom. The van der Waals surface area contributed by atoms with Crippen LogP contribution in [0.2, 0.25) is 0 Å². The number of nitrogens with two attached hydrogens (primary N) is 1. The van der Waals surface area contributed by atoms with E-state index in [0.717, 1.165) is 13.0 Å². The summed E-state index contributed by atoms with van der Waals surface area (Å²) in [7, 11) is 1.72. The van der Waals surface area contributed by atoms with Crippen molar-refractivity contribution in [3.8, 4) is 0 Å². The van der Waals surface area contributed by atoms with Gasteiger partial charge in [-0.2, -0.15) is 0 Å². The number of methoxy groups -OCH3 is 1. The summed E-state index contributed by atoms with van der Waals surface area (Å²) in [5.41, 5.74) is 8.12. The molecule has 0 saturated carbocycles. The minimum atomic E-state index is 0.539. The molecule has 2 nitrogen and oxygen atoms in total. The van der Waals surface area contributed by atoms with Crippen molar-refractivity contribution in [2.24, 2.45) is 5.73 Å². The zero-order valence-electron chi connectivity index (χ0n) is 8.99. The minimum Gasteiger partial charge on any atom is -0.380 e. The van der Waals surface area contributed by atoms with Crippen molar-refractivity contribution in [1.82, 2.24) is 0 Å². The van der Waals surface area contributed by atoms with Crippen molar-refractivity contribution in [3.63, 3.8) is 0 Å². The second kappa shape index (κ2) is 5.78. The molecule has 1 atom stereocenters. The van der Waals surface area contributed by atoms with Gasteiger partial charge in [0.15, 0.2) is 0 Å². The van der Waals surface area contributed by atoms with Crippen molar-refractivity contribution in [2.75, 3.05) is 13.7 Å². The lowest BCUT2D eigenvalue weighted by molar-refractivity contribution is 0.185. The van der Waals surface area contributed by atoms with Crippen molar-refractivity contribution < 1.29 is 4.74 Å². The Balaban J connectivity index is 2.71. The van der Waals surface area contributed by atoms with Gasteiger partial charge in [0.2, 0.25) is 0 Å². The summed E-state index contributed by atoms with van der Waals surface area (Å²) in [6.45, 7) is 3.64. The van der Waals surface area contributed by atoms with E-state index in [1.165, 1.54) is 11.1 Å². The molecule has 0 aliphatic rings. The molecule has 0 aliphatic heterocycles. The predicted molar refractivity (Wildman–Crippen MR) is 59.2 cm³/mol. The summed E-state index contributed by atoms with van der Waals surface area (Å²) in [5.74, 6) is 0.539. The highest BCUT2D eigenvalue weighted by Crippen LogP contribution is 2.19. The van der Waals surface area contributed by atoms with Gasteiger partial charge in [-0.1, -0.05) is 31.2 Å². The summed E-state index contributed by atoms with van der Waals surface area (Å²) in [5, 5.41) is 0. The summed E-state index contributed by atoms with van der Waals surface area (Å²) in [4.78, 5) is 0. The predicted octanol–water partition coefficient (Wildman–Crippen LogP) is 2.29. The molecule has 0 radical (unpaired) electrons. The van der Waals surface area contributed by atoms with Gasteiger partial charge in [-0.15, -0.1) is 0 Å². The Morgan fingerprint density at radius 3 is 2.86 bits per heavy atom. The molecule has 0 aromatic heterocycles. The third kappa shape index (κ3) is 3.13. The standard InChI is InChI=1S/C12H19NO/c1-10(6-7-13)12-5-3-4-11(8-12)9-14-2/h3-5,8,10H,6-7,9,13H2,1-2H3. The molecule has 1 unspecified atom stereocenters. The number of hydrogen-bond acceptors (Lipinski definition) is 2. The highest BCUT2D eigenvalue weighted by atomic mass is 16.5. The number of hydrogen-bond donors (Lipinski definition) is 1. The van der Waals surface area contributed by atoms with E-state index in [-0.39, 0.29) is 0 Å². The lowest BCUT2D eigenvalue weighted by atomic mass is 9.96. The van der Waals surface area contributed by atoms with Crippen LogP contribution in [0, 0.1) is 0 Å². The van der Waals surface area contributed by atoms with Crippen molar-refractivity contribution in [1.29, 1.82) is 0 Å². The lowest BCUT2D eigenvalue weighted by Gasteiger charge is -2.11. The molecule has 1 rings (SSSR count). The van der Waals surface area contributed by atoms with Gasteiger partial charge in [-0.25, -0.2) is 0 Å². The lowest BCUT2D eigenvalue weighted by Crippen LogP contribution is -2.04. The first kappa shape index (κ1) is 11.2. The average Bonchev–Trinajstić information content (AvgIpc) is 2.19. The Morgan fingerprint density at radius 2 is 2.21 bits per heavy atom. The fraction of sp³-hybridized carbons (Fsp3) is 0.500. The second-order valence-corrected chi connectivity index (χ2v) is 3.66. The maximum Gasteiger partial charge on any atom is 0.0713 e. The first-order chi connectivity index (χ1) is 6.77. The Labute approximate surface area is 86.1 Å². The van der Waals surface area contributed by atoms with Crippen LogP contribution in [0.25, 0.3) is 0 Å². The molecule has 0 heterocycles. The van der Waals surface area contributed by atoms with E-state index in [2.05, 4.69) is 31.2 Å². The van der Waals surface area contributed by atoms with Gasteiger partial charge in [0.1, 0.15) is 0 Å². The summed E-state index contributed by atoms with van der Waals surface area (Å²) >= 11 is 0. The van der Waals surface area contributed by atoms with Gasteiger partial charge in [-0.05, 0) is 30.0 Å². The van der Waals surface area contributed by atoms with Crippen LogP contribution in [-0.4, -0.2) is 13.7 Å². The van der Waals surface area contributed by atoms with E-state index in [1.54, 1.807) is 7.11 Å². The van der Waals surface area contributed by atoms with E-state index >= 15 is 0 Å². The molecule has 0 fully saturated rings. The van der Waals surface area contributed by atoms with Crippen molar-refractivity contribution in [2.45, 2.75) is 25.9 Å². The van der Waals surface area contributed by atoms with Gasteiger partial charge >= 0.3 is 0 Å². The Kier molecular flexibility index (Phi) is 4.63. The molecule has 78 valence electrons. The summed E-state index contributed by atoms with van der Waals surface area (Å²) < 4.78 is 5.10. The molecule has 14 heavy (non-hydrogen) atoms. The molecule has 2 heteroatoms. The monoisotopic (exact) mass is 193 g/mol. The first-order valence-corrected chi connectivity index (χ1v) is 5.05. The largest absolute Gasteiger partial charge is 0.380 e. The Hall–Kier alpha value is -0.860. The van der Waals surface area contributed by atoms with E-state index in [1.807, 2.05) is 0 Å². The van der Waals surface area contributed by atoms with Crippen LogP contribution in [0.15, 0.2) is 24.3 Å². The topological polar surface area (TPSA) is 35.2 Å². The van der Waals surface area contributed by atoms with Crippen LogP contribution in [0.3, 0.4) is 0 Å². The minimum absolute atomic E-state index is 0.539. The number of benzene rings is 1. The van der Waals surface area contributed by atoms with E-state index in [4.69, 9.17) is 10.5 Å². The highest BCUT2D eigenvalue weighted by Gasteiger charge is 2.04. The maximum absolute atomic E-state index is 5.54. The molecule has 1 aromatic carbocycles. The molecule has 1 aromatic rings. The van der Waals surface area contributed by atoms with Gasteiger partial charge in [0.25, 0.3) is 0 Å². The quantitative estimate of drug-likeness (QED) is 0.778. The number of rotatable bonds is 5. The second-order valence-electron chi connectivity index (χ2n) is 3.66. The molecule has 0 amide bonds. The fourth-order valence-corrected chi connectivity index (χ4v) is 1.57. The molecule has 0 aliphatic carbocycles. The van der Waals surface area contributed by atoms with Gasteiger partial charge in [-0.3, -0.25) is 0 Å². The molecular formula is C12H19NO. The van der Waals surface area contributed by atoms with Crippen LogP contribution < -0.4 is 5.73 Å². The van der Waals surface area contributed by atoms with E-state index in [9.17, 15) is 0 Å². The maximum atomic E-state index is 5.54. The molecule has 2 N–H and O–H groups in total. The van der Waals surface area contributed by atoms with Gasteiger partial charge in [0, 0.05) is 7.11 Å². The van der Waals surface area contributed by atoms with E-state index in [0.29, 0.717) is 12.5 Å². The number of ether oxygens (including phenoxy) is 1. The summed E-state index contributed by atoms with van der Waals surface area (Å²) in [6.07, 6.45) is 1.04. The summed E-state index contributed by atoms with van der Waals surface area (Å²) in [6, 6.07) is 8.52.